The minimum Gasteiger partial charge on any atom is -0.507 e. The number of pyridine rings is 1. The first-order valence-electron chi connectivity index (χ1n) is 11.3. The van der Waals surface area contributed by atoms with Gasteiger partial charge in [-0.3, -0.25) is 14.6 Å². The number of hydrogen-bond acceptors (Lipinski definition) is 6. The molecule has 2 heterocycles. The molecule has 7 nitrogen and oxygen atoms in total. The van der Waals surface area contributed by atoms with E-state index in [1.54, 1.807) is 25.6 Å². The molecular weight excluding hydrogens is 442 g/mol. The van der Waals surface area contributed by atoms with Gasteiger partial charge in [0.15, 0.2) is 0 Å². The molecule has 0 bridgehead atoms. The molecule has 1 aromatic heterocycles. The van der Waals surface area contributed by atoms with Gasteiger partial charge in [-0.25, -0.2) is 0 Å². The van der Waals surface area contributed by atoms with E-state index in [2.05, 4.69) is 4.98 Å². The van der Waals surface area contributed by atoms with Gasteiger partial charge in [0.2, 0.25) is 0 Å². The molecule has 1 N–H and O–H groups in total. The first kappa shape index (κ1) is 24.0. The van der Waals surface area contributed by atoms with Gasteiger partial charge in [0.05, 0.1) is 18.7 Å². The van der Waals surface area contributed by atoms with E-state index in [1.165, 1.54) is 4.90 Å². The number of anilines is 1. The number of hydrogen-bond donors (Lipinski definition) is 1. The summed E-state index contributed by atoms with van der Waals surface area (Å²) in [6, 6.07) is 14.1. The van der Waals surface area contributed by atoms with Crippen molar-refractivity contribution in [3.05, 3.63) is 94.3 Å². The number of Topliss-reactive ketones (excluding diaryl/α,β-unsaturated/α-hetero) is 1. The summed E-state index contributed by atoms with van der Waals surface area (Å²) in [4.78, 5) is 34.1. The maximum absolute atomic E-state index is 13.3. The van der Waals surface area contributed by atoms with E-state index in [1.807, 2.05) is 75.3 Å². The lowest BCUT2D eigenvalue weighted by Gasteiger charge is -2.26. The zero-order chi connectivity index (χ0) is 25.3. The molecule has 4 rings (SSSR count). The minimum atomic E-state index is -0.735. The molecule has 1 aliphatic rings. The van der Waals surface area contributed by atoms with E-state index in [0.717, 1.165) is 27.9 Å². The fourth-order valence-corrected chi connectivity index (χ4v) is 4.44. The van der Waals surface area contributed by atoms with Crippen molar-refractivity contribution in [2.75, 3.05) is 26.1 Å². The van der Waals surface area contributed by atoms with Crippen LogP contribution in [0.1, 0.15) is 33.9 Å². The molecule has 3 aromatic rings. The van der Waals surface area contributed by atoms with Crippen molar-refractivity contribution in [2.45, 2.75) is 26.4 Å². The standard InChI is InChI=1S/C28H29N3O4/c1-17-15-23(35-5)18(2)14-22(17)26(32)24-25(20-6-8-21(9-7-20)30(3)4)31(28(34)27(24)33)16-19-10-12-29-13-11-19/h6-15,25,32H,16H2,1-5H3/b26-24+. The predicted molar refractivity (Wildman–Crippen MR) is 135 cm³/mol. The molecule has 0 radical (unpaired) electrons. The average Bonchev–Trinajstić information content (AvgIpc) is 3.10. The molecule has 1 unspecified atom stereocenters. The van der Waals surface area contributed by atoms with Crippen LogP contribution in [0.25, 0.3) is 5.76 Å². The van der Waals surface area contributed by atoms with Crippen molar-refractivity contribution in [1.29, 1.82) is 0 Å². The minimum absolute atomic E-state index is 0.0781. The highest BCUT2D eigenvalue weighted by Gasteiger charge is 2.46. The highest BCUT2D eigenvalue weighted by molar-refractivity contribution is 6.46. The molecular formula is C28H29N3O4. The molecule has 1 aliphatic heterocycles. The van der Waals surface area contributed by atoms with Crippen LogP contribution >= 0.6 is 0 Å². The third-order valence-electron chi connectivity index (χ3n) is 6.36. The van der Waals surface area contributed by atoms with Crippen LogP contribution in [0.15, 0.2) is 66.5 Å². The molecule has 0 spiro atoms. The molecule has 180 valence electrons. The molecule has 1 atom stereocenters. The number of aryl methyl sites for hydroxylation is 2. The lowest BCUT2D eigenvalue weighted by Crippen LogP contribution is -2.29. The summed E-state index contributed by atoms with van der Waals surface area (Å²) in [5, 5.41) is 11.5. The first-order valence-corrected chi connectivity index (χ1v) is 11.3. The van der Waals surface area contributed by atoms with Crippen LogP contribution in [0.4, 0.5) is 5.69 Å². The van der Waals surface area contributed by atoms with Gasteiger partial charge in [-0.15, -0.1) is 0 Å². The topological polar surface area (TPSA) is 83.0 Å². The lowest BCUT2D eigenvalue weighted by atomic mass is 9.93. The predicted octanol–water partition coefficient (Wildman–Crippen LogP) is 4.39. The number of likely N-dealkylation sites (tertiary alicyclic amines) is 1. The Hall–Kier alpha value is -4.13. The maximum atomic E-state index is 13.3. The van der Waals surface area contributed by atoms with Gasteiger partial charge >= 0.3 is 0 Å². The van der Waals surface area contributed by atoms with Crippen LogP contribution in [0.5, 0.6) is 5.75 Å². The summed E-state index contributed by atoms with van der Waals surface area (Å²) in [5.41, 5.74) is 4.71. The summed E-state index contributed by atoms with van der Waals surface area (Å²) >= 11 is 0. The Morgan fingerprint density at radius 2 is 1.69 bits per heavy atom. The fourth-order valence-electron chi connectivity index (χ4n) is 4.44. The molecule has 2 aromatic carbocycles. The third kappa shape index (κ3) is 4.49. The summed E-state index contributed by atoms with van der Waals surface area (Å²) < 4.78 is 5.39. The Labute approximate surface area is 205 Å². The Balaban J connectivity index is 1.89. The quantitative estimate of drug-likeness (QED) is 0.326. The first-order chi connectivity index (χ1) is 16.7. The van der Waals surface area contributed by atoms with Gasteiger partial charge in [-0.05, 0) is 72.5 Å². The monoisotopic (exact) mass is 471 g/mol. The van der Waals surface area contributed by atoms with E-state index in [-0.39, 0.29) is 17.9 Å². The number of rotatable bonds is 6. The van der Waals surface area contributed by atoms with Crippen LogP contribution in [0, 0.1) is 13.8 Å². The van der Waals surface area contributed by atoms with E-state index >= 15 is 0 Å². The summed E-state index contributed by atoms with van der Waals surface area (Å²) in [5.74, 6) is -0.849. The SMILES string of the molecule is COc1cc(C)c(/C(O)=C2\C(=O)C(=O)N(Cc3ccncc3)C2c2ccc(N(C)C)cc2)cc1C. The Kier molecular flexibility index (Phi) is 6.60. The third-order valence-corrected chi connectivity index (χ3v) is 6.36. The van der Waals surface area contributed by atoms with Crippen LogP contribution in [-0.4, -0.2) is 47.9 Å². The van der Waals surface area contributed by atoms with Crippen LogP contribution in [0.3, 0.4) is 0 Å². The Morgan fingerprint density at radius 3 is 2.29 bits per heavy atom. The summed E-state index contributed by atoms with van der Waals surface area (Å²) in [7, 11) is 5.47. The van der Waals surface area contributed by atoms with Crippen LogP contribution in [0.2, 0.25) is 0 Å². The van der Waals surface area contributed by atoms with E-state index in [0.29, 0.717) is 11.3 Å². The molecule has 0 aliphatic carbocycles. The smallest absolute Gasteiger partial charge is 0.295 e. The molecule has 1 fully saturated rings. The van der Waals surface area contributed by atoms with Crippen LogP contribution in [-0.2, 0) is 16.1 Å². The van der Waals surface area contributed by atoms with E-state index in [9.17, 15) is 14.7 Å². The number of carbonyl (C=O) groups is 2. The zero-order valence-corrected chi connectivity index (χ0v) is 20.6. The summed E-state index contributed by atoms with van der Waals surface area (Å²) in [6.45, 7) is 3.92. The highest BCUT2D eigenvalue weighted by Crippen LogP contribution is 2.41. The van der Waals surface area contributed by atoms with E-state index < -0.39 is 17.7 Å². The van der Waals surface area contributed by atoms with Crippen molar-refractivity contribution in [2.24, 2.45) is 0 Å². The van der Waals surface area contributed by atoms with Crippen molar-refractivity contribution >= 4 is 23.1 Å². The van der Waals surface area contributed by atoms with Crippen molar-refractivity contribution < 1.29 is 19.4 Å². The maximum Gasteiger partial charge on any atom is 0.295 e. The number of benzene rings is 2. The largest absolute Gasteiger partial charge is 0.507 e. The van der Waals surface area contributed by atoms with Gasteiger partial charge in [-0.1, -0.05) is 12.1 Å². The van der Waals surface area contributed by atoms with Gasteiger partial charge < -0.3 is 19.6 Å². The molecule has 1 saturated heterocycles. The van der Waals surface area contributed by atoms with Gasteiger partial charge in [-0.2, -0.15) is 0 Å². The number of ether oxygens (including phenoxy) is 1. The average molecular weight is 472 g/mol. The second kappa shape index (κ2) is 9.62. The number of aliphatic hydroxyl groups is 1. The van der Waals surface area contributed by atoms with Gasteiger partial charge in [0, 0.05) is 44.3 Å². The van der Waals surface area contributed by atoms with Crippen molar-refractivity contribution in [1.82, 2.24) is 9.88 Å². The number of methoxy groups -OCH3 is 1. The lowest BCUT2D eigenvalue weighted by molar-refractivity contribution is -0.140. The van der Waals surface area contributed by atoms with E-state index in [4.69, 9.17) is 4.74 Å². The van der Waals surface area contributed by atoms with Crippen molar-refractivity contribution in [3.8, 4) is 5.75 Å². The second-order valence-electron chi connectivity index (χ2n) is 8.91. The second-order valence-corrected chi connectivity index (χ2v) is 8.91. The number of nitrogens with zero attached hydrogens (tertiary/aromatic N) is 3. The molecule has 1 amide bonds. The fraction of sp³-hybridized carbons (Fsp3) is 0.250. The normalized spacial score (nSPS) is 17.1. The highest BCUT2D eigenvalue weighted by atomic mass is 16.5. The molecule has 7 heteroatoms. The number of carbonyl (C=O) groups excluding carboxylic acids is 2. The number of aliphatic hydroxyl groups excluding tert-OH is 1. The van der Waals surface area contributed by atoms with Gasteiger partial charge in [0.25, 0.3) is 11.7 Å². The molecule has 35 heavy (non-hydrogen) atoms. The molecule has 0 saturated carbocycles. The van der Waals surface area contributed by atoms with Crippen molar-refractivity contribution in [3.63, 3.8) is 0 Å². The Bertz CT molecular complexity index is 1300. The number of ketones is 1. The number of amides is 1. The number of aromatic nitrogens is 1. The van der Waals surface area contributed by atoms with Crippen LogP contribution < -0.4 is 9.64 Å². The zero-order valence-electron chi connectivity index (χ0n) is 20.6. The van der Waals surface area contributed by atoms with Gasteiger partial charge in [0.1, 0.15) is 11.5 Å². The Morgan fingerprint density at radius 1 is 1.03 bits per heavy atom. The summed E-state index contributed by atoms with van der Waals surface area (Å²) in [6.07, 6.45) is 3.30.